The maximum absolute atomic E-state index is 12.8. The van der Waals surface area contributed by atoms with Crippen molar-refractivity contribution < 1.29 is 9.21 Å². The molecule has 2 fully saturated rings. The number of carbonyl (C=O) groups excluding carboxylic acids is 1. The third-order valence-electron chi connectivity index (χ3n) is 7.42. The normalized spacial score (nSPS) is 20.1. The molecule has 1 saturated carbocycles. The minimum atomic E-state index is 0.0489. The van der Waals surface area contributed by atoms with E-state index in [0.29, 0.717) is 17.5 Å². The highest BCUT2D eigenvalue weighted by atomic mass is 35.5. The summed E-state index contributed by atoms with van der Waals surface area (Å²) in [7, 11) is 2.24. The lowest BCUT2D eigenvalue weighted by Gasteiger charge is -2.32. The number of amides is 1. The van der Waals surface area contributed by atoms with E-state index >= 15 is 0 Å². The van der Waals surface area contributed by atoms with Crippen molar-refractivity contribution in [3.8, 4) is 11.5 Å². The van der Waals surface area contributed by atoms with Crippen molar-refractivity contribution in [2.75, 3.05) is 33.2 Å². The molecule has 1 unspecified atom stereocenters. The van der Waals surface area contributed by atoms with Crippen molar-refractivity contribution in [3.05, 3.63) is 40.7 Å². The lowest BCUT2D eigenvalue weighted by Crippen LogP contribution is -2.43. The van der Waals surface area contributed by atoms with Gasteiger partial charge in [-0.1, -0.05) is 30.9 Å². The topological polar surface area (TPSA) is 61.6 Å². The second-order valence-corrected chi connectivity index (χ2v) is 10.5. The molecule has 34 heavy (non-hydrogen) atoms. The Labute approximate surface area is 209 Å². The van der Waals surface area contributed by atoms with Crippen molar-refractivity contribution in [1.82, 2.24) is 20.1 Å². The van der Waals surface area contributed by atoms with Gasteiger partial charge in [-0.05, 0) is 83.4 Å². The van der Waals surface area contributed by atoms with Crippen molar-refractivity contribution >= 4 is 17.5 Å². The van der Waals surface area contributed by atoms with Gasteiger partial charge in [0, 0.05) is 36.3 Å². The van der Waals surface area contributed by atoms with Crippen LogP contribution in [0, 0.1) is 12.8 Å². The first-order valence-electron chi connectivity index (χ1n) is 12.9. The van der Waals surface area contributed by atoms with Gasteiger partial charge in [-0.2, -0.15) is 0 Å². The predicted molar refractivity (Wildman–Crippen MR) is 137 cm³/mol. The van der Waals surface area contributed by atoms with Gasteiger partial charge in [0.1, 0.15) is 5.76 Å². The number of piperidine rings is 1. The number of nitrogens with zero attached hydrogens (tertiary/aromatic N) is 3. The van der Waals surface area contributed by atoms with E-state index in [1.54, 1.807) is 0 Å². The van der Waals surface area contributed by atoms with Gasteiger partial charge in [0.15, 0.2) is 0 Å². The molecule has 0 spiro atoms. The average molecular weight is 487 g/mol. The highest BCUT2D eigenvalue weighted by molar-refractivity contribution is 6.30. The van der Waals surface area contributed by atoms with Crippen molar-refractivity contribution in [1.29, 1.82) is 0 Å². The number of hydrogen-bond donors (Lipinski definition) is 1. The van der Waals surface area contributed by atoms with Gasteiger partial charge in [0.2, 0.25) is 11.8 Å². The zero-order valence-corrected chi connectivity index (χ0v) is 21.4. The van der Waals surface area contributed by atoms with Crippen molar-refractivity contribution in [2.24, 2.45) is 5.92 Å². The molecule has 1 aromatic heterocycles. The summed E-state index contributed by atoms with van der Waals surface area (Å²) >= 11 is 6.00. The van der Waals surface area contributed by atoms with Gasteiger partial charge in [0.05, 0.1) is 11.6 Å². The maximum atomic E-state index is 12.8. The molecule has 1 N–H and O–H groups in total. The number of halogens is 1. The van der Waals surface area contributed by atoms with Gasteiger partial charge >= 0.3 is 0 Å². The Morgan fingerprint density at radius 2 is 1.94 bits per heavy atom. The third-order valence-corrected chi connectivity index (χ3v) is 7.67. The first kappa shape index (κ1) is 25.2. The third kappa shape index (κ3) is 6.83. The van der Waals surface area contributed by atoms with E-state index in [1.165, 1.54) is 32.1 Å². The molecule has 0 radical (unpaired) electrons. The Balaban J connectivity index is 1.22. The van der Waals surface area contributed by atoms with E-state index < -0.39 is 0 Å². The summed E-state index contributed by atoms with van der Waals surface area (Å²) in [4.78, 5) is 22.4. The van der Waals surface area contributed by atoms with Crippen LogP contribution in [-0.2, 0) is 11.3 Å². The van der Waals surface area contributed by atoms with Crippen LogP contribution in [0.2, 0.25) is 5.02 Å². The molecule has 2 heterocycles. The fraction of sp³-hybridized carbons (Fsp3) is 0.630. The lowest BCUT2D eigenvalue weighted by molar-refractivity contribution is -0.126. The molecule has 1 atom stereocenters. The number of hydrogen-bond acceptors (Lipinski definition) is 5. The molecule has 1 aromatic carbocycles. The molecule has 1 aliphatic heterocycles. The van der Waals surface area contributed by atoms with Crippen LogP contribution in [0.5, 0.6) is 0 Å². The Kier molecular flexibility index (Phi) is 9.04. The van der Waals surface area contributed by atoms with Gasteiger partial charge in [-0.25, -0.2) is 4.98 Å². The van der Waals surface area contributed by atoms with Crippen molar-refractivity contribution in [3.63, 3.8) is 0 Å². The van der Waals surface area contributed by atoms with E-state index in [1.807, 2.05) is 31.2 Å². The SMILES string of the molecule is Cc1oc(-c2ccc(Cl)cc2)nc1CN1CCCC(C(=O)NCCCN(C)C2CCCCC2)C1. The molecule has 1 saturated heterocycles. The first-order chi connectivity index (χ1) is 16.5. The summed E-state index contributed by atoms with van der Waals surface area (Å²) in [6.07, 6.45) is 9.77. The molecular formula is C27H39ClN4O2. The summed E-state index contributed by atoms with van der Waals surface area (Å²) in [5.41, 5.74) is 1.86. The number of benzene rings is 1. The minimum Gasteiger partial charge on any atom is -0.441 e. The molecule has 1 aliphatic carbocycles. The van der Waals surface area contributed by atoms with E-state index in [0.717, 1.165) is 68.5 Å². The van der Waals surface area contributed by atoms with Gasteiger partial charge in [-0.3, -0.25) is 9.69 Å². The highest BCUT2D eigenvalue weighted by Gasteiger charge is 2.27. The van der Waals surface area contributed by atoms with Crippen LogP contribution in [0.1, 0.15) is 62.8 Å². The van der Waals surface area contributed by atoms with Crippen LogP contribution in [-0.4, -0.2) is 60.0 Å². The second-order valence-electron chi connectivity index (χ2n) is 10.0. The van der Waals surface area contributed by atoms with E-state index in [2.05, 4.69) is 22.2 Å². The van der Waals surface area contributed by atoms with Crippen LogP contribution in [0.15, 0.2) is 28.7 Å². The monoisotopic (exact) mass is 486 g/mol. The standard InChI is InChI=1S/C27H39ClN4O2/c1-20-25(30-27(34-20)21-11-13-23(28)14-12-21)19-32-17-6-8-22(18-32)26(33)29-15-7-16-31(2)24-9-4-3-5-10-24/h11-14,22,24H,3-10,15-19H2,1-2H3,(H,29,33). The van der Waals surface area contributed by atoms with Crippen LogP contribution >= 0.6 is 11.6 Å². The molecule has 186 valence electrons. The predicted octanol–water partition coefficient (Wildman–Crippen LogP) is 5.29. The average Bonchev–Trinajstić information content (AvgIpc) is 3.22. The van der Waals surface area contributed by atoms with Crippen molar-refractivity contribution in [2.45, 2.75) is 70.9 Å². The molecule has 0 bridgehead atoms. The quantitative estimate of drug-likeness (QED) is 0.488. The Hall–Kier alpha value is -1.89. The first-order valence-corrected chi connectivity index (χ1v) is 13.3. The van der Waals surface area contributed by atoms with Crippen LogP contribution in [0.25, 0.3) is 11.5 Å². The summed E-state index contributed by atoms with van der Waals surface area (Å²) in [5, 5.41) is 3.89. The van der Waals surface area contributed by atoms with Crippen LogP contribution in [0.4, 0.5) is 0 Å². The molecule has 4 rings (SSSR count). The van der Waals surface area contributed by atoms with Crippen LogP contribution in [0.3, 0.4) is 0 Å². The van der Waals surface area contributed by atoms with Gasteiger partial charge < -0.3 is 14.6 Å². The molecule has 1 amide bonds. The van der Waals surface area contributed by atoms with E-state index in [4.69, 9.17) is 21.0 Å². The fourth-order valence-corrected chi connectivity index (χ4v) is 5.43. The number of rotatable bonds is 9. The highest BCUT2D eigenvalue weighted by Crippen LogP contribution is 2.26. The maximum Gasteiger partial charge on any atom is 0.226 e. The molecule has 2 aromatic rings. The Morgan fingerprint density at radius 3 is 2.71 bits per heavy atom. The molecule has 6 nitrogen and oxygen atoms in total. The number of carbonyl (C=O) groups is 1. The summed E-state index contributed by atoms with van der Waals surface area (Å²) in [6, 6.07) is 8.27. The molecule has 2 aliphatic rings. The lowest BCUT2D eigenvalue weighted by atomic mass is 9.94. The molecule has 7 heteroatoms. The minimum absolute atomic E-state index is 0.0489. The number of aryl methyl sites for hydroxylation is 1. The zero-order valence-electron chi connectivity index (χ0n) is 20.7. The number of likely N-dealkylation sites (tertiary alicyclic amines) is 1. The van der Waals surface area contributed by atoms with Crippen LogP contribution < -0.4 is 5.32 Å². The number of oxazole rings is 1. The van der Waals surface area contributed by atoms with Gasteiger partial charge in [-0.15, -0.1) is 0 Å². The van der Waals surface area contributed by atoms with Gasteiger partial charge in [0.25, 0.3) is 0 Å². The summed E-state index contributed by atoms with van der Waals surface area (Å²) in [6.45, 7) is 6.25. The second kappa shape index (κ2) is 12.2. The fourth-order valence-electron chi connectivity index (χ4n) is 5.30. The van der Waals surface area contributed by atoms with E-state index in [9.17, 15) is 4.79 Å². The number of aromatic nitrogens is 1. The molecular weight excluding hydrogens is 448 g/mol. The number of nitrogens with one attached hydrogen (secondary N) is 1. The van der Waals surface area contributed by atoms with E-state index in [-0.39, 0.29) is 11.8 Å². The summed E-state index contributed by atoms with van der Waals surface area (Å²) < 4.78 is 5.92. The Bertz CT molecular complexity index is 923. The smallest absolute Gasteiger partial charge is 0.226 e. The largest absolute Gasteiger partial charge is 0.441 e. The summed E-state index contributed by atoms with van der Waals surface area (Å²) in [5.74, 6) is 1.70. The Morgan fingerprint density at radius 1 is 1.18 bits per heavy atom. The zero-order chi connectivity index (χ0) is 23.9.